The van der Waals surface area contributed by atoms with E-state index in [-0.39, 0.29) is 12.3 Å². The van der Waals surface area contributed by atoms with Gasteiger partial charge in [-0.25, -0.2) is 0 Å². The minimum Gasteiger partial charge on any atom is -0.324 e. The number of fused-ring (bicyclic) bond motifs is 1. The zero-order valence-corrected chi connectivity index (χ0v) is 18.1. The Morgan fingerprint density at radius 1 is 1.07 bits per heavy atom. The number of amides is 1. The molecular formula is C25H24ClN3O. The summed E-state index contributed by atoms with van der Waals surface area (Å²) in [6.45, 7) is 6.32. The zero-order chi connectivity index (χ0) is 21.3. The lowest BCUT2D eigenvalue weighted by Gasteiger charge is -2.09. The molecule has 1 aromatic heterocycles. The summed E-state index contributed by atoms with van der Waals surface area (Å²) in [6, 6.07) is 16.0. The van der Waals surface area contributed by atoms with E-state index in [1.807, 2.05) is 37.4 Å². The molecule has 1 aliphatic heterocycles. The van der Waals surface area contributed by atoms with Crippen LogP contribution in [0.4, 0.5) is 11.4 Å². The number of halogens is 1. The largest absolute Gasteiger partial charge is 0.324 e. The third-order valence-corrected chi connectivity index (χ3v) is 5.50. The molecule has 4 nitrogen and oxygen atoms in total. The molecule has 0 aliphatic carbocycles. The first-order valence-electron chi connectivity index (χ1n) is 10.1. The smallest absolute Gasteiger partial charge is 0.230 e. The van der Waals surface area contributed by atoms with Gasteiger partial charge in [0.05, 0.1) is 23.5 Å². The van der Waals surface area contributed by atoms with Gasteiger partial charge in [0.15, 0.2) is 0 Å². The van der Waals surface area contributed by atoms with Crippen LogP contribution in [-0.4, -0.2) is 16.6 Å². The Balaban J connectivity index is 1.74. The van der Waals surface area contributed by atoms with Crippen LogP contribution in [0.15, 0.2) is 59.7 Å². The molecule has 0 unspecified atom stereocenters. The molecule has 0 saturated heterocycles. The molecule has 5 heteroatoms. The Hall–Kier alpha value is -2.98. The average Bonchev–Trinajstić information content (AvgIpc) is 2.86. The predicted octanol–water partition coefficient (Wildman–Crippen LogP) is 6.37. The maximum Gasteiger partial charge on any atom is 0.230 e. The number of hydrogen-bond donors (Lipinski definition) is 1. The highest BCUT2D eigenvalue weighted by Crippen LogP contribution is 2.34. The Bertz CT molecular complexity index is 1150. The SMILES string of the molecule is Cc1cc2c(cc1Cl)NC(=O)CC(c1cccc(-c3ccnc(CC(C)C)c3)c1)=N2. The van der Waals surface area contributed by atoms with Crippen molar-refractivity contribution in [3.05, 3.63) is 76.6 Å². The van der Waals surface area contributed by atoms with Gasteiger partial charge in [-0.3, -0.25) is 14.8 Å². The fourth-order valence-corrected chi connectivity index (χ4v) is 3.79. The number of benzene rings is 2. The molecule has 30 heavy (non-hydrogen) atoms. The number of aromatic nitrogens is 1. The van der Waals surface area contributed by atoms with Gasteiger partial charge in [-0.05, 0) is 71.8 Å². The summed E-state index contributed by atoms with van der Waals surface area (Å²) in [7, 11) is 0. The molecule has 0 atom stereocenters. The van der Waals surface area contributed by atoms with E-state index >= 15 is 0 Å². The van der Waals surface area contributed by atoms with Crippen molar-refractivity contribution in [2.75, 3.05) is 5.32 Å². The van der Waals surface area contributed by atoms with Crippen LogP contribution in [0.3, 0.4) is 0 Å². The van der Waals surface area contributed by atoms with Gasteiger partial charge in [-0.15, -0.1) is 0 Å². The van der Waals surface area contributed by atoms with Crippen molar-refractivity contribution >= 4 is 34.6 Å². The molecular weight excluding hydrogens is 394 g/mol. The Morgan fingerprint density at radius 2 is 1.83 bits per heavy atom. The van der Waals surface area contributed by atoms with Crippen molar-refractivity contribution < 1.29 is 4.79 Å². The molecule has 152 valence electrons. The molecule has 0 radical (unpaired) electrons. The number of pyridine rings is 1. The topological polar surface area (TPSA) is 54.4 Å². The van der Waals surface area contributed by atoms with E-state index in [1.54, 1.807) is 6.07 Å². The normalized spacial score (nSPS) is 13.5. The number of hydrogen-bond acceptors (Lipinski definition) is 3. The molecule has 3 aromatic rings. The first kappa shape index (κ1) is 20.3. The Labute approximate surface area is 182 Å². The molecule has 0 fully saturated rings. The monoisotopic (exact) mass is 417 g/mol. The Morgan fingerprint density at radius 3 is 2.63 bits per heavy atom. The number of rotatable bonds is 4. The molecule has 1 aliphatic rings. The second kappa shape index (κ2) is 8.41. The van der Waals surface area contributed by atoms with E-state index in [0.29, 0.717) is 16.6 Å². The highest BCUT2D eigenvalue weighted by atomic mass is 35.5. The minimum absolute atomic E-state index is 0.0963. The quantitative estimate of drug-likeness (QED) is 0.536. The van der Waals surface area contributed by atoms with Gasteiger partial charge < -0.3 is 5.32 Å². The summed E-state index contributed by atoms with van der Waals surface area (Å²) in [4.78, 5) is 21.8. The van der Waals surface area contributed by atoms with Crippen LogP contribution in [0, 0.1) is 12.8 Å². The van der Waals surface area contributed by atoms with Gasteiger partial charge >= 0.3 is 0 Å². The molecule has 4 rings (SSSR count). The second-order valence-corrected chi connectivity index (χ2v) is 8.52. The summed E-state index contributed by atoms with van der Waals surface area (Å²) in [6.07, 6.45) is 3.02. The van der Waals surface area contributed by atoms with Crippen molar-refractivity contribution in [3.63, 3.8) is 0 Å². The van der Waals surface area contributed by atoms with E-state index < -0.39 is 0 Å². The zero-order valence-electron chi connectivity index (χ0n) is 17.4. The Kier molecular flexibility index (Phi) is 5.69. The van der Waals surface area contributed by atoms with Crippen molar-refractivity contribution in [2.45, 2.75) is 33.6 Å². The molecule has 0 bridgehead atoms. The first-order chi connectivity index (χ1) is 14.4. The van der Waals surface area contributed by atoms with Crippen LogP contribution in [-0.2, 0) is 11.2 Å². The van der Waals surface area contributed by atoms with Crippen LogP contribution in [0.1, 0.15) is 37.1 Å². The standard InChI is InChI=1S/C25H24ClN3O/c1-15(2)9-20-12-18(7-8-27-20)17-5-4-6-19(11-17)22-14-25(30)29-24-13-21(26)16(3)10-23(24)28-22/h4-8,10-13,15H,9,14H2,1-3H3,(H,29,30). The van der Waals surface area contributed by atoms with Crippen molar-refractivity contribution in [2.24, 2.45) is 10.9 Å². The molecule has 0 saturated carbocycles. The highest BCUT2D eigenvalue weighted by molar-refractivity contribution is 6.32. The number of anilines is 1. The number of nitrogens with zero attached hydrogens (tertiary/aromatic N) is 2. The minimum atomic E-state index is -0.0963. The summed E-state index contributed by atoms with van der Waals surface area (Å²) in [5.74, 6) is 0.455. The molecule has 2 aromatic carbocycles. The van der Waals surface area contributed by atoms with Gasteiger partial charge in [0.2, 0.25) is 5.91 Å². The average molecular weight is 418 g/mol. The predicted molar refractivity (Wildman–Crippen MR) is 124 cm³/mol. The van der Waals surface area contributed by atoms with E-state index in [9.17, 15) is 4.79 Å². The third kappa shape index (κ3) is 4.44. The van der Waals surface area contributed by atoms with Crippen LogP contribution < -0.4 is 5.32 Å². The molecule has 0 spiro atoms. The fourth-order valence-electron chi connectivity index (χ4n) is 3.62. The lowest BCUT2D eigenvalue weighted by Crippen LogP contribution is -2.15. The molecule has 1 N–H and O–H groups in total. The molecule has 2 heterocycles. The summed E-state index contributed by atoms with van der Waals surface area (Å²) in [5.41, 5.74) is 7.26. The lowest BCUT2D eigenvalue weighted by molar-refractivity contribution is -0.115. The van der Waals surface area contributed by atoms with Gasteiger partial charge in [-0.1, -0.05) is 43.6 Å². The van der Waals surface area contributed by atoms with Crippen LogP contribution in [0.5, 0.6) is 0 Å². The van der Waals surface area contributed by atoms with Gasteiger partial charge in [0, 0.05) is 16.9 Å². The van der Waals surface area contributed by atoms with Crippen molar-refractivity contribution in [3.8, 4) is 11.1 Å². The lowest BCUT2D eigenvalue weighted by atomic mass is 9.98. The second-order valence-electron chi connectivity index (χ2n) is 8.12. The number of nitrogens with one attached hydrogen (secondary N) is 1. The van der Waals surface area contributed by atoms with Gasteiger partial charge in [0.25, 0.3) is 0 Å². The summed E-state index contributed by atoms with van der Waals surface area (Å²) >= 11 is 6.23. The number of aryl methyl sites for hydroxylation is 1. The molecule has 1 amide bonds. The maximum atomic E-state index is 12.5. The van der Waals surface area contributed by atoms with Crippen molar-refractivity contribution in [1.29, 1.82) is 0 Å². The number of carbonyl (C=O) groups excluding carboxylic acids is 1. The fraction of sp³-hybridized carbons (Fsp3) is 0.240. The highest BCUT2D eigenvalue weighted by Gasteiger charge is 2.18. The van der Waals surface area contributed by atoms with Gasteiger partial charge in [0.1, 0.15) is 0 Å². The number of carbonyl (C=O) groups is 1. The number of aliphatic imine (C=N–C) groups is 1. The van der Waals surface area contributed by atoms with Crippen molar-refractivity contribution in [1.82, 2.24) is 4.98 Å². The van der Waals surface area contributed by atoms with Gasteiger partial charge in [-0.2, -0.15) is 0 Å². The van der Waals surface area contributed by atoms with E-state index in [4.69, 9.17) is 16.6 Å². The summed E-state index contributed by atoms with van der Waals surface area (Å²) in [5, 5.41) is 3.53. The van der Waals surface area contributed by atoms with E-state index in [2.05, 4.69) is 42.3 Å². The third-order valence-electron chi connectivity index (χ3n) is 5.10. The maximum absolute atomic E-state index is 12.5. The van der Waals surface area contributed by atoms with Crippen LogP contribution >= 0.6 is 11.6 Å². The summed E-state index contributed by atoms with van der Waals surface area (Å²) < 4.78 is 0. The first-order valence-corrected chi connectivity index (χ1v) is 10.5. The van der Waals surface area contributed by atoms with E-state index in [0.717, 1.165) is 45.8 Å². The van der Waals surface area contributed by atoms with E-state index in [1.165, 1.54) is 0 Å². The van der Waals surface area contributed by atoms with Crippen LogP contribution in [0.2, 0.25) is 5.02 Å². The van der Waals surface area contributed by atoms with Crippen LogP contribution in [0.25, 0.3) is 11.1 Å².